The number of ether oxygens (including phenoxy) is 3. The van der Waals surface area contributed by atoms with Gasteiger partial charge in [-0.05, 0) is 0 Å². The number of amidine groups is 1. The highest BCUT2D eigenvalue weighted by Crippen LogP contribution is 2.54. The van der Waals surface area contributed by atoms with Gasteiger partial charge in [0.05, 0.1) is 25.9 Å². The zero-order chi connectivity index (χ0) is 33.4. The quantitative estimate of drug-likeness (QED) is 0.179. The minimum absolute atomic E-state index is 0.0916. The molecular weight excluding hydrogens is 674 g/mol. The molecule has 3 fully saturated rings. The summed E-state index contributed by atoms with van der Waals surface area (Å²) >= 11 is 0. The van der Waals surface area contributed by atoms with E-state index in [-0.39, 0.29) is 29.6 Å². The molecule has 7 rings (SSSR count). The zero-order valence-corrected chi connectivity index (χ0v) is 26.2. The second kappa shape index (κ2) is 11.7. The van der Waals surface area contributed by atoms with E-state index in [0.29, 0.717) is 11.5 Å². The van der Waals surface area contributed by atoms with E-state index in [1.54, 1.807) is 11.9 Å². The number of hydrogen-bond donors (Lipinski definition) is 5. The normalized spacial score (nSPS) is 37.9. The van der Waals surface area contributed by atoms with E-state index in [9.17, 15) is 29.1 Å². The minimum atomic E-state index is -5.05. The highest BCUT2D eigenvalue weighted by molar-refractivity contribution is 7.47. The molecule has 2 bridgehead atoms. The van der Waals surface area contributed by atoms with Crippen LogP contribution in [-0.4, -0.2) is 120 Å². The number of nitrogens with zero attached hydrogens (tertiary/aromatic N) is 8. The molecule has 0 aromatic carbocycles. The van der Waals surface area contributed by atoms with Gasteiger partial charge in [0.2, 0.25) is 5.95 Å². The van der Waals surface area contributed by atoms with Gasteiger partial charge in [0, 0.05) is 20.0 Å². The molecular formula is C22H29N10O13P2-. The molecule has 0 spiro atoms. The van der Waals surface area contributed by atoms with Crippen molar-refractivity contribution in [2.45, 2.75) is 49.1 Å². The number of hydrogen-bond acceptors (Lipinski definition) is 19. The molecule has 3 saturated heterocycles. The maximum atomic E-state index is 13.4. The van der Waals surface area contributed by atoms with Crippen LogP contribution in [0.2, 0.25) is 0 Å². The van der Waals surface area contributed by atoms with Crippen LogP contribution in [0.5, 0.6) is 5.88 Å². The van der Waals surface area contributed by atoms with Gasteiger partial charge in [0.1, 0.15) is 66.2 Å². The predicted molar refractivity (Wildman–Crippen MR) is 151 cm³/mol. The molecule has 0 amide bonds. The first-order valence-corrected chi connectivity index (χ1v) is 16.8. The van der Waals surface area contributed by atoms with Crippen molar-refractivity contribution < 1.29 is 61.4 Å². The van der Waals surface area contributed by atoms with Gasteiger partial charge in [-0.1, -0.05) is 0 Å². The smallest absolute Gasteiger partial charge is 0.472 e. The summed E-state index contributed by atoms with van der Waals surface area (Å²) in [7, 11) is -7.13. The van der Waals surface area contributed by atoms with Crippen molar-refractivity contribution in [2.75, 3.05) is 44.7 Å². The SMILES string of the molecule is COC1C2COP(=O)(O)OC3C(COP(=O)(O)OC1C(n1cnc4c([O-])nc(N)nc41)O2)OC(n1cnc2c1N(C)CN=C2N)C3O. The maximum absolute atomic E-state index is 13.4. The lowest BCUT2D eigenvalue weighted by Crippen LogP contribution is -2.37. The Bertz CT molecular complexity index is 1820. The second-order valence-corrected chi connectivity index (χ2v) is 13.7. The van der Waals surface area contributed by atoms with E-state index < -0.39 is 83.8 Å². The summed E-state index contributed by atoms with van der Waals surface area (Å²) in [6, 6.07) is 0. The van der Waals surface area contributed by atoms with Crippen LogP contribution in [0, 0.1) is 0 Å². The van der Waals surface area contributed by atoms with Gasteiger partial charge >= 0.3 is 15.6 Å². The number of aromatic nitrogens is 6. The Balaban J connectivity index is 1.21. The monoisotopic (exact) mass is 703 g/mol. The van der Waals surface area contributed by atoms with Crippen molar-refractivity contribution in [3.05, 3.63) is 18.3 Å². The summed E-state index contributed by atoms with van der Waals surface area (Å²) in [4.78, 5) is 43.3. The Morgan fingerprint density at radius 1 is 0.979 bits per heavy atom. The van der Waals surface area contributed by atoms with Crippen LogP contribution in [0.4, 0.5) is 11.8 Å². The number of nitrogen functional groups attached to an aromatic ring is 1. The molecule has 25 heteroatoms. The zero-order valence-electron chi connectivity index (χ0n) is 24.4. The van der Waals surface area contributed by atoms with E-state index in [4.69, 9.17) is 43.8 Å². The van der Waals surface area contributed by atoms with Gasteiger partial charge in [-0.2, -0.15) is 4.98 Å². The number of nitrogens with two attached hydrogens (primary N) is 2. The largest absolute Gasteiger partial charge is 0.857 e. The predicted octanol–water partition coefficient (Wildman–Crippen LogP) is -2.32. The van der Waals surface area contributed by atoms with Gasteiger partial charge in [0.15, 0.2) is 18.1 Å². The number of methoxy groups -OCH3 is 1. The van der Waals surface area contributed by atoms with E-state index in [2.05, 4.69) is 24.9 Å². The standard InChI is InChI=1S/C22H30N10O13P2/c1-30-5-27-16(23)10-19(30)32(7-25-10)20-12(33)13-8(42-20)3-40-47(37,38)45-15-14(39-2)9(4-41-46(35,36)44-13)43-21(15)31-6-26-11-17(31)28-22(24)29-18(11)34/h6-9,12-15,20-21,33H,3-5H2,1-2H3,(H2,23,27)(H,35,36)(H,37,38)(H3,24,28,29,34)/p-1. The van der Waals surface area contributed by atoms with Crippen LogP contribution >= 0.6 is 15.6 Å². The topological polar surface area (TPSA) is 312 Å². The third-order valence-electron chi connectivity index (χ3n) is 7.96. The Kier molecular flexibility index (Phi) is 8.02. The molecule has 0 aliphatic carbocycles. The molecule has 10 unspecified atom stereocenters. The average Bonchev–Trinajstić information content (AvgIpc) is 3.77. The first-order valence-electron chi connectivity index (χ1n) is 13.9. The highest BCUT2D eigenvalue weighted by Gasteiger charge is 2.54. The molecule has 10 atom stereocenters. The molecule has 4 aliphatic rings. The maximum Gasteiger partial charge on any atom is 0.472 e. The highest BCUT2D eigenvalue weighted by atomic mass is 31.2. The van der Waals surface area contributed by atoms with Crippen molar-refractivity contribution in [3.8, 4) is 5.88 Å². The molecule has 3 aromatic rings. The lowest BCUT2D eigenvalue weighted by Gasteiger charge is -2.27. The molecule has 4 aliphatic heterocycles. The number of rotatable bonds is 3. The molecule has 23 nitrogen and oxygen atoms in total. The summed E-state index contributed by atoms with van der Waals surface area (Å²) in [6.45, 7) is -1.28. The molecule has 47 heavy (non-hydrogen) atoms. The molecule has 7 N–H and O–H groups in total. The Morgan fingerprint density at radius 2 is 1.64 bits per heavy atom. The number of anilines is 2. The van der Waals surface area contributed by atoms with Gasteiger partial charge in [-0.3, -0.25) is 27.2 Å². The fraction of sp³-hybridized carbons (Fsp3) is 0.591. The van der Waals surface area contributed by atoms with Crippen LogP contribution in [-0.2, 0) is 41.4 Å². The number of phosphoric acid groups is 2. The Morgan fingerprint density at radius 3 is 2.36 bits per heavy atom. The average molecular weight is 703 g/mol. The number of fused-ring (bicyclic) bond motifs is 5. The van der Waals surface area contributed by atoms with Crippen LogP contribution in [0.15, 0.2) is 17.6 Å². The summed E-state index contributed by atoms with van der Waals surface area (Å²) < 4.78 is 68.2. The Hall–Kier alpha value is -3.31. The van der Waals surface area contributed by atoms with E-state index in [1.807, 2.05) is 0 Å². The fourth-order valence-corrected chi connectivity index (χ4v) is 7.79. The first-order chi connectivity index (χ1) is 22.3. The van der Waals surface area contributed by atoms with Gasteiger partial charge in [-0.15, -0.1) is 0 Å². The first kappa shape index (κ1) is 32.2. The summed E-state index contributed by atoms with van der Waals surface area (Å²) in [5.74, 6) is -0.585. The van der Waals surface area contributed by atoms with Crippen LogP contribution in [0.25, 0.3) is 11.2 Å². The van der Waals surface area contributed by atoms with Crippen molar-refractivity contribution in [3.63, 3.8) is 0 Å². The molecule has 0 radical (unpaired) electrons. The van der Waals surface area contributed by atoms with Crippen LogP contribution < -0.4 is 21.5 Å². The lowest BCUT2D eigenvalue weighted by atomic mass is 10.1. The molecule has 7 heterocycles. The summed E-state index contributed by atoms with van der Waals surface area (Å²) in [5.41, 5.74) is 11.7. The third kappa shape index (κ3) is 5.67. The molecule has 0 saturated carbocycles. The second-order valence-electron chi connectivity index (χ2n) is 10.9. The van der Waals surface area contributed by atoms with Crippen molar-refractivity contribution in [1.29, 1.82) is 0 Å². The van der Waals surface area contributed by atoms with Crippen molar-refractivity contribution >= 4 is 44.4 Å². The summed E-state index contributed by atoms with van der Waals surface area (Å²) in [5, 5.41) is 23.6. The minimum Gasteiger partial charge on any atom is -0.857 e. The van der Waals surface area contributed by atoms with Crippen LogP contribution in [0.1, 0.15) is 18.1 Å². The molecule has 256 valence electrons. The number of imidazole rings is 2. The van der Waals surface area contributed by atoms with Crippen molar-refractivity contribution in [2.24, 2.45) is 10.7 Å². The number of phosphoric ester groups is 2. The van der Waals surface area contributed by atoms with Crippen LogP contribution in [0.3, 0.4) is 0 Å². The van der Waals surface area contributed by atoms with Gasteiger partial charge in [-0.25, -0.2) is 29.1 Å². The third-order valence-corrected chi connectivity index (χ3v) is 9.93. The van der Waals surface area contributed by atoms with Crippen molar-refractivity contribution in [1.82, 2.24) is 29.1 Å². The fourth-order valence-electron chi connectivity index (χ4n) is 5.90. The van der Waals surface area contributed by atoms with Gasteiger partial charge < -0.3 is 50.6 Å². The Labute approximate surface area is 263 Å². The number of aliphatic hydroxyl groups is 1. The van der Waals surface area contributed by atoms with Gasteiger partial charge in [0.25, 0.3) is 0 Å². The summed E-state index contributed by atoms with van der Waals surface area (Å²) in [6.07, 6.45) is -8.83. The van der Waals surface area contributed by atoms with E-state index in [0.717, 1.165) is 6.33 Å². The van der Waals surface area contributed by atoms with E-state index >= 15 is 0 Å². The number of aliphatic hydroxyl groups excluding tert-OH is 1. The number of aliphatic imine (C=N–C) groups is 1. The van der Waals surface area contributed by atoms with E-state index in [1.165, 1.54) is 22.6 Å². The molecule has 3 aromatic heterocycles. The lowest BCUT2D eigenvalue weighted by molar-refractivity contribution is -0.272.